The Morgan fingerprint density at radius 2 is 2.07 bits per heavy atom. The number of nitrogens with zero attached hydrogens (tertiary/aromatic N) is 3. The second kappa shape index (κ2) is 2.94. The molecular weight excluding hydrogens is 178 g/mol. The highest BCUT2D eigenvalue weighted by Crippen LogP contribution is 2.19. The Bertz CT molecular complexity index is 407. The predicted octanol–water partition coefficient (Wildman–Crippen LogP) is 1.49. The minimum Gasteiger partial charge on any atom is -0.342 e. The van der Waals surface area contributed by atoms with Gasteiger partial charge in [-0.2, -0.15) is 5.10 Å². The number of hydrogen-bond acceptors (Lipinski definition) is 3. The van der Waals surface area contributed by atoms with Gasteiger partial charge in [-0.25, -0.2) is 9.97 Å². The van der Waals surface area contributed by atoms with Crippen molar-refractivity contribution in [3.63, 3.8) is 0 Å². The largest absolute Gasteiger partial charge is 0.342 e. The molecule has 2 rings (SSSR count). The van der Waals surface area contributed by atoms with E-state index >= 15 is 0 Å². The van der Waals surface area contributed by atoms with E-state index in [1.165, 1.54) is 0 Å². The topological polar surface area (TPSA) is 70.2 Å². The number of aromatic amines is 2. The Balaban J connectivity index is 2.36. The smallest absolute Gasteiger partial charge is 0.216 e. The average Bonchev–Trinajstić information content (AvgIpc) is 2.73. The first-order valence-electron chi connectivity index (χ1n) is 4.50. The summed E-state index contributed by atoms with van der Waals surface area (Å²) in [7, 11) is 0. The zero-order valence-corrected chi connectivity index (χ0v) is 8.50. The predicted molar refractivity (Wildman–Crippen MR) is 52.7 cm³/mol. The van der Waals surface area contributed by atoms with E-state index in [2.05, 4.69) is 45.9 Å². The molecule has 0 aliphatic heterocycles. The minimum absolute atomic E-state index is 0.0160. The van der Waals surface area contributed by atoms with Gasteiger partial charge in [0, 0.05) is 17.8 Å². The molecular formula is C9H13N5. The van der Waals surface area contributed by atoms with Crippen LogP contribution in [0.25, 0.3) is 11.6 Å². The van der Waals surface area contributed by atoms with E-state index in [-0.39, 0.29) is 5.41 Å². The van der Waals surface area contributed by atoms with E-state index in [1.807, 2.05) is 0 Å². The van der Waals surface area contributed by atoms with E-state index in [9.17, 15) is 0 Å². The molecule has 2 N–H and O–H groups in total. The molecule has 74 valence electrons. The van der Waals surface area contributed by atoms with Crippen molar-refractivity contribution in [2.75, 3.05) is 0 Å². The van der Waals surface area contributed by atoms with Crippen LogP contribution in [0.3, 0.4) is 0 Å². The van der Waals surface area contributed by atoms with Gasteiger partial charge in [0.05, 0.1) is 0 Å². The summed E-state index contributed by atoms with van der Waals surface area (Å²) in [6.45, 7) is 6.25. The van der Waals surface area contributed by atoms with Crippen molar-refractivity contribution in [2.24, 2.45) is 0 Å². The third kappa shape index (κ3) is 1.53. The Hall–Kier alpha value is -1.65. The standard InChI is InChI=1S/C9H13N5/c1-9(2,3)8-12-7(13-14-8)6-10-4-5-11-6/h4-5H,1-3H3,(H,10,11)(H,12,13,14). The van der Waals surface area contributed by atoms with Crippen molar-refractivity contribution in [2.45, 2.75) is 26.2 Å². The van der Waals surface area contributed by atoms with Crippen molar-refractivity contribution in [3.05, 3.63) is 18.2 Å². The molecule has 0 aliphatic carbocycles. The fraction of sp³-hybridized carbons (Fsp3) is 0.444. The Labute approximate surface area is 82.0 Å². The Kier molecular flexibility index (Phi) is 1.87. The zero-order chi connectivity index (χ0) is 10.2. The summed E-state index contributed by atoms with van der Waals surface area (Å²) in [4.78, 5) is 11.4. The molecule has 0 spiro atoms. The van der Waals surface area contributed by atoms with Crippen LogP contribution in [0.15, 0.2) is 12.4 Å². The minimum atomic E-state index is -0.0160. The maximum Gasteiger partial charge on any atom is 0.216 e. The summed E-state index contributed by atoms with van der Waals surface area (Å²) in [6.07, 6.45) is 3.44. The van der Waals surface area contributed by atoms with Gasteiger partial charge in [0.1, 0.15) is 5.82 Å². The second-order valence-electron chi connectivity index (χ2n) is 4.20. The summed E-state index contributed by atoms with van der Waals surface area (Å²) in [5.41, 5.74) is -0.0160. The highest BCUT2D eigenvalue weighted by atomic mass is 15.2. The molecule has 0 saturated carbocycles. The third-order valence-corrected chi connectivity index (χ3v) is 1.91. The number of hydrogen-bond donors (Lipinski definition) is 2. The fourth-order valence-electron chi connectivity index (χ4n) is 1.09. The molecule has 5 nitrogen and oxygen atoms in total. The summed E-state index contributed by atoms with van der Waals surface area (Å²) in [6, 6.07) is 0. The first-order chi connectivity index (χ1) is 6.57. The van der Waals surface area contributed by atoms with E-state index < -0.39 is 0 Å². The number of nitrogens with one attached hydrogen (secondary N) is 2. The maximum atomic E-state index is 4.36. The van der Waals surface area contributed by atoms with Crippen LogP contribution >= 0.6 is 0 Å². The van der Waals surface area contributed by atoms with E-state index in [1.54, 1.807) is 12.4 Å². The van der Waals surface area contributed by atoms with Gasteiger partial charge < -0.3 is 4.98 Å². The van der Waals surface area contributed by atoms with Crippen molar-refractivity contribution >= 4 is 0 Å². The molecule has 0 radical (unpaired) electrons. The quantitative estimate of drug-likeness (QED) is 0.717. The fourth-order valence-corrected chi connectivity index (χ4v) is 1.09. The van der Waals surface area contributed by atoms with Crippen LogP contribution in [-0.2, 0) is 5.41 Å². The van der Waals surface area contributed by atoms with Crippen LogP contribution in [0.1, 0.15) is 26.6 Å². The zero-order valence-electron chi connectivity index (χ0n) is 8.50. The molecule has 5 heteroatoms. The van der Waals surface area contributed by atoms with Crippen LogP contribution in [0.5, 0.6) is 0 Å². The van der Waals surface area contributed by atoms with Crippen LogP contribution in [0.4, 0.5) is 0 Å². The van der Waals surface area contributed by atoms with Gasteiger partial charge in [0.2, 0.25) is 5.82 Å². The van der Waals surface area contributed by atoms with Crippen molar-refractivity contribution < 1.29 is 0 Å². The second-order valence-corrected chi connectivity index (χ2v) is 4.20. The molecule has 0 amide bonds. The molecule has 2 aromatic heterocycles. The molecule has 0 bridgehead atoms. The highest BCUT2D eigenvalue weighted by molar-refractivity contribution is 5.41. The Morgan fingerprint density at radius 1 is 1.29 bits per heavy atom. The number of imidazole rings is 1. The summed E-state index contributed by atoms with van der Waals surface area (Å²) in [5.74, 6) is 2.17. The van der Waals surface area contributed by atoms with Crippen LogP contribution in [0, 0.1) is 0 Å². The highest BCUT2D eigenvalue weighted by Gasteiger charge is 2.19. The molecule has 0 unspecified atom stereocenters. The lowest BCUT2D eigenvalue weighted by Gasteiger charge is -2.12. The lowest BCUT2D eigenvalue weighted by molar-refractivity contribution is 0.548. The molecule has 2 heterocycles. The van der Waals surface area contributed by atoms with Crippen molar-refractivity contribution in [1.29, 1.82) is 0 Å². The van der Waals surface area contributed by atoms with Gasteiger partial charge >= 0.3 is 0 Å². The van der Waals surface area contributed by atoms with Crippen LogP contribution < -0.4 is 0 Å². The summed E-state index contributed by atoms with van der Waals surface area (Å²) < 4.78 is 0. The maximum absolute atomic E-state index is 4.36. The third-order valence-electron chi connectivity index (χ3n) is 1.91. The summed E-state index contributed by atoms with van der Waals surface area (Å²) >= 11 is 0. The van der Waals surface area contributed by atoms with Gasteiger partial charge in [0.25, 0.3) is 0 Å². The molecule has 14 heavy (non-hydrogen) atoms. The first kappa shape index (κ1) is 8.93. The molecule has 0 atom stereocenters. The van der Waals surface area contributed by atoms with Gasteiger partial charge in [-0.05, 0) is 0 Å². The molecule has 0 fully saturated rings. The molecule has 0 aromatic carbocycles. The average molecular weight is 191 g/mol. The number of H-pyrrole nitrogens is 2. The van der Waals surface area contributed by atoms with Crippen molar-refractivity contribution in [1.82, 2.24) is 25.1 Å². The lowest BCUT2D eigenvalue weighted by Crippen LogP contribution is -2.13. The van der Waals surface area contributed by atoms with Crippen LogP contribution in [0.2, 0.25) is 0 Å². The van der Waals surface area contributed by atoms with Gasteiger partial charge in [-0.15, -0.1) is 0 Å². The van der Waals surface area contributed by atoms with Crippen LogP contribution in [-0.4, -0.2) is 25.1 Å². The Morgan fingerprint density at radius 3 is 2.57 bits per heavy atom. The first-order valence-corrected chi connectivity index (χ1v) is 4.50. The molecule has 0 aliphatic rings. The van der Waals surface area contributed by atoms with Gasteiger partial charge in [-0.1, -0.05) is 20.8 Å². The summed E-state index contributed by atoms with van der Waals surface area (Å²) in [5, 5.41) is 7.01. The van der Waals surface area contributed by atoms with E-state index in [0.29, 0.717) is 11.6 Å². The lowest BCUT2D eigenvalue weighted by atomic mass is 9.96. The molecule has 0 saturated heterocycles. The van der Waals surface area contributed by atoms with Crippen molar-refractivity contribution in [3.8, 4) is 11.6 Å². The van der Waals surface area contributed by atoms with Gasteiger partial charge in [-0.3, -0.25) is 5.10 Å². The molecule has 2 aromatic rings. The number of aromatic nitrogens is 5. The SMILES string of the molecule is CC(C)(C)c1nc(-c2ncc[nH]2)n[nH]1. The van der Waals surface area contributed by atoms with E-state index in [0.717, 1.165) is 5.82 Å². The number of rotatable bonds is 1. The van der Waals surface area contributed by atoms with Gasteiger partial charge in [0.15, 0.2) is 5.82 Å². The monoisotopic (exact) mass is 191 g/mol. The van der Waals surface area contributed by atoms with E-state index in [4.69, 9.17) is 0 Å². The normalized spacial score (nSPS) is 11.9.